The molecule has 0 radical (unpaired) electrons. The van der Waals surface area contributed by atoms with Crippen LogP contribution in [-0.4, -0.2) is 24.3 Å². The molecule has 4 nitrogen and oxygen atoms in total. The second-order valence-corrected chi connectivity index (χ2v) is 6.68. The summed E-state index contributed by atoms with van der Waals surface area (Å²) >= 11 is 0. The van der Waals surface area contributed by atoms with Crippen molar-refractivity contribution in [2.75, 3.05) is 13.2 Å². The van der Waals surface area contributed by atoms with Gasteiger partial charge in [0.1, 0.15) is 5.75 Å². The van der Waals surface area contributed by atoms with Gasteiger partial charge in [0.15, 0.2) is 6.10 Å². The van der Waals surface area contributed by atoms with Gasteiger partial charge in [-0.25, -0.2) is 4.79 Å². The first-order valence-electron chi connectivity index (χ1n) is 9.31. The van der Waals surface area contributed by atoms with E-state index in [1.807, 2.05) is 48.5 Å². The molecule has 1 unspecified atom stereocenters. The first-order valence-corrected chi connectivity index (χ1v) is 9.31. The van der Waals surface area contributed by atoms with E-state index in [1.54, 1.807) is 6.92 Å². The van der Waals surface area contributed by atoms with Crippen molar-refractivity contribution in [1.29, 1.82) is 0 Å². The number of ether oxygens (including phenoxy) is 2. The van der Waals surface area contributed by atoms with Gasteiger partial charge >= 0.3 is 5.97 Å². The number of aliphatic hydroxyl groups is 1. The van der Waals surface area contributed by atoms with Gasteiger partial charge in [0, 0.05) is 5.56 Å². The molecule has 1 aliphatic rings. The lowest BCUT2D eigenvalue weighted by atomic mass is 9.89. The SMILES string of the molecule is CCOC(=O)C(O)c1c(-c2ccc3c(c2)CCCO3)ccc2ccccc12. The number of esters is 1. The Kier molecular flexibility index (Phi) is 4.82. The van der Waals surface area contributed by atoms with Crippen LogP contribution in [0.2, 0.25) is 0 Å². The molecule has 0 bridgehead atoms. The fourth-order valence-electron chi connectivity index (χ4n) is 3.71. The Labute approximate surface area is 158 Å². The Morgan fingerprint density at radius 1 is 1.19 bits per heavy atom. The first-order chi connectivity index (χ1) is 13.2. The smallest absolute Gasteiger partial charge is 0.339 e. The van der Waals surface area contributed by atoms with Crippen molar-refractivity contribution in [3.05, 3.63) is 65.7 Å². The van der Waals surface area contributed by atoms with E-state index in [4.69, 9.17) is 9.47 Å². The fraction of sp³-hybridized carbons (Fsp3) is 0.261. The minimum atomic E-state index is -1.33. The van der Waals surface area contributed by atoms with E-state index in [9.17, 15) is 9.90 Å². The quantitative estimate of drug-likeness (QED) is 0.698. The number of benzene rings is 3. The molecule has 0 amide bonds. The van der Waals surface area contributed by atoms with Crippen LogP contribution in [0.5, 0.6) is 5.75 Å². The van der Waals surface area contributed by atoms with Crippen LogP contribution in [0.1, 0.15) is 30.6 Å². The van der Waals surface area contributed by atoms with E-state index in [2.05, 4.69) is 6.07 Å². The molecule has 0 fully saturated rings. The van der Waals surface area contributed by atoms with Crippen LogP contribution < -0.4 is 4.74 Å². The summed E-state index contributed by atoms with van der Waals surface area (Å²) in [5, 5.41) is 12.6. The Bertz CT molecular complexity index is 993. The largest absolute Gasteiger partial charge is 0.493 e. The summed E-state index contributed by atoms with van der Waals surface area (Å²) in [6, 6.07) is 17.8. The van der Waals surface area contributed by atoms with Crippen molar-refractivity contribution < 1.29 is 19.4 Å². The highest BCUT2D eigenvalue weighted by molar-refractivity contribution is 5.96. The zero-order valence-corrected chi connectivity index (χ0v) is 15.3. The highest BCUT2D eigenvalue weighted by Gasteiger charge is 2.25. The minimum absolute atomic E-state index is 0.228. The summed E-state index contributed by atoms with van der Waals surface area (Å²) in [6.45, 7) is 2.71. The van der Waals surface area contributed by atoms with Gasteiger partial charge in [-0.05, 0) is 59.4 Å². The molecule has 138 valence electrons. The van der Waals surface area contributed by atoms with Gasteiger partial charge in [0.05, 0.1) is 13.2 Å². The van der Waals surface area contributed by atoms with Crippen LogP contribution in [0, 0.1) is 0 Å². The Hall–Kier alpha value is -2.85. The summed E-state index contributed by atoms with van der Waals surface area (Å²) in [5.41, 5.74) is 3.54. The van der Waals surface area contributed by atoms with E-state index >= 15 is 0 Å². The van der Waals surface area contributed by atoms with Crippen molar-refractivity contribution in [3.8, 4) is 16.9 Å². The molecule has 3 aromatic carbocycles. The summed E-state index contributed by atoms with van der Waals surface area (Å²) in [7, 11) is 0. The van der Waals surface area contributed by atoms with Gasteiger partial charge in [-0.15, -0.1) is 0 Å². The topological polar surface area (TPSA) is 55.8 Å². The molecule has 3 aromatic rings. The number of carbonyl (C=O) groups excluding carboxylic acids is 1. The second kappa shape index (κ2) is 7.41. The molecule has 0 aliphatic carbocycles. The lowest BCUT2D eigenvalue weighted by Crippen LogP contribution is -2.16. The second-order valence-electron chi connectivity index (χ2n) is 6.68. The number of fused-ring (bicyclic) bond motifs is 2. The minimum Gasteiger partial charge on any atom is -0.493 e. The van der Waals surface area contributed by atoms with Gasteiger partial charge in [-0.1, -0.05) is 42.5 Å². The van der Waals surface area contributed by atoms with Crippen molar-refractivity contribution >= 4 is 16.7 Å². The Morgan fingerprint density at radius 3 is 2.89 bits per heavy atom. The van der Waals surface area contributed by atoms with Crippen LogP contribution in [0.3, 0.4) is 0 Å². The number of carbonyl (C=O) groups is 1. The molecule has 4 rings (SSSR count). The molecular weight excluding hydrogens is 340 g/mol. The summed E-state index contributed by atoms with van der Waals surface area (Å²) in [6.07, 6.45) is 0.622. The molecule has 0 spiro atoms. The molecule has 0 saturated carbocycles. The van der Waals surface area contributed by atoms with E-state index < -0.39 is 12.1 Å². The lowest BCUT2D eigenvalue weighted by molar-refractivity contribution is -0.153. The average Bonchev–Trinajstić information content (AvgIpc) is 2.72. The van der Waals surface area contributed by atoms with Gasteiger partial charge in [0.2, 0.25) is 0 Å². The maximum absolute atomic E-state index is 12.3. The summed E-state index contributed by atoms with van der Waals surface area (Å²) in [5.74, 6) is 0.287. The predicted octanol–water partition coefficient (Wildman–Crippen LogP) is 4.43. The molecule has 4 heteroatoms. The molecule has 1 N–H and O–H groups in total. The van der Waals surface area contributed by atoms with Crippen LogP contribution >= 0.6 is 0 Å². The molecule has 1 atom stereocenters. The molecule has 27 heavy (non-hydrogen) atoms. The van der Waals surface area contributed by atoms with Crippen LogP contribution in [-0.2, 0) is 16.0 Å². The number of aliphatic hydroxyl groups excluding tert-OH is 1. The Balaban J connectivity index is 1.90. The van der Waals surface area contributed by atoms with Crippen molar-refractivity contribution in [1.82, 2.24) is 0 Å². The van der Waals surface area contributed by atoms with Gasteiger partial charge in [-0.3, -0.25) is 0 Å². The van der Waals surface area contributed by atoms with E-state index in [1.165, 1.54) is 0 Å². The average molecular weight is 362 g/mol. The molecule has 0 aromatic heterocycles. The van der Waals surface area contributed by atoms with Crippen LogP contribution in [0.15, 0.2) is 54.6 Å². The van der Waals surface area contributed by atoms with E-state index in [0.717, 1.165) is 52.7 Å². The molecule has 0 saturated heterocycles. The maximum atomic E-state index is 12.3. The van der Waals surface area contributed by atoms with Crippen LogP contribution in [0.4, 0.5) is 0 Å². The third-order valence-electron chi connectivity index (χ3n) is 4.97. The number of hydrogen-bond donors (Lipinski definition) is 1. The number of hydrogen-bond acceptors (Lipinski definition) is 4. The lowest BCUT2D eigenvalue weighted by Gasteiger charge is -2.21. The van der Waals surface area contributed by atoms with E-state index in [0.29, 0.717) is 5.56 Å². The predicted molar refractivity (Wildman–Crippen MR) is 105 cm³/mol. The van der Waals surface area contributed by atoms with E-state index in [-0.39, 0.29) is 6.61 Å². The van der Waals surface area contributed by atoms with Crippen molar-refractivity contribution in [2.45, 2.75) is 25.9 Å². The van der Waals surface area contributed by atoms with Crippen LogP contribution in [0.25, 0.3) is 21.9 Å². The molecular formula is C23H22O4. The van der Waals surface area contributed by atoms with Crippen molar-refractivity contribution in [2.24, 2.45) is 0 Å². The summed E-state index contributed by atoms with van der Waals surface area (Å²) in [4.78, 5) is 12.3. The Morgan fingerprint density at radius 2 is 2.04 bits per heavy atom. The monoisotopic (exact) mass is 362 g/mol. The molecule has 1 aliphatic heterocycles. The number of aryl methyl sites for hydroxylation is 1. The maximum Gasteiger partial charge on any atom is 0.339 e. The fourth-order valence-corrected chi connectivity index (χ4v) is 3.71. The highest BCUT2D eigenvalue weighted by Crippen LogP contribution is 2.37. The summed E-state index contributed by atoms with van der Waals surface area (Å²) < 4.78 is 10.8. The third kappa shape index (κ3) is 3.28. The normalized spacial score (nSPS) is 14.3. The number of rotatable bonds is 4. The highest BCUT2D eigenvalue weighted by atomic mass is 16.5. The third-order valence-corrected chi connectivity index (χ3v) is 4.97. The standard InChI is InChI=1S/C23H22O4/c1-2-26-23(25)22(24)21-18-8-4-3-6-15(18)9-11-19(21)16-10-12-20-17(14-16)7-5-13-27-20/h3-4,6,8-12,14,22,24H,2,5,7,13H2,1H3. The van der Waals surface area contributed by atoms with Gasteiger partial charge in [-0.2, -0.15) is 0 Å². The zero-order valence-electron chi connectivity index (χ0n) is 15.3. The molecule has 1 heterocycles. The zero-order chi connectivity index (χ0) is 18.8. The first kappa shape index (κ1) is 17.6. The van der Waals surface area contributed by atoms with Crippen molar-refractivity contribution in [3.63, 3.8) is 0 Å². The van der Waals surface area contributed by atoms with Gasteiger partial charge < -0.3 is 14.6 Å². The van der Waals surface area contributed by atoms with Gasteiger partial charge in [0.25, 0.3) is 0 Å².